The molecule has 1 fully saturated rings. The summed E-state index contributed by atoms with van der Waals surface area (Å²) in [6.45, 7) is 0. The topological polar surface area (TPSA) is 80.5 Å². The summed E-state index contributed by atoms with van der Waals surface area (Å²) in [5.74, 6) is -0.287. The molecule has 0 aromatic heterocycles. The van der Waals surface area contributed by atoms with E-state index in [0.29, 0.717) is 23.7 Å². The third-order valence-corrected chi connectivity index (χ3v) is 4.09. The van der Waals surface area contributed by atoms with Crippen LogP contribution in [-0.4, -0.2) is 20.7 Å². The maximum absolute atomic E-state index is 10.5. The predicted molar refractivity (Wildman–Crippen MR) is 80.8 cm³/mol. The highest BCUT2D eigenvalue weighted by atomic mass is 79.9. The number of hydrogen-bond acceptors (Lipinski definition) is 4. The van der Waals surface area contributed by atoms with Gasteiger partial charge in [-0.25, -0.2) is 3.93 Å². The van der Waals surface area contributed by atoms with E-state index in [-0.39, 0.29) is 22.5 Å². The average molecular weight is 428 g/mol. The Labute approximate surface area is 136 Å². The summed E-state index contributed by atoms with van der Waals surface area (Å²) < 4.78 is 0.979. The zero-order valence-electron chi connectivity index (χ0n) is 10.0. The van der Waals surface area contributed by atoms with Crippen LogP contribution < -0.4 is 0 Å². The van der Waals surface area contributed by atoms with Crippen LogP contribution in [0.4, 0.5) is 5.69 Å². The second-order valence-corrected chi connectivity index (χ2v) is 5.38. The molecule has 0 atom stereocenters. The molecule has 1 aromatic rings. The van der Waals surface area contributed by atoms with Gasteiger partial charge in [0.15, 0.2) is 0 Å². The van der Waals surface area contributed by atoms with Gasteiger partial charge in [-0.1, -0.05) is 39.7 Å². The number of nitro benzene ring substituents is 1. The van der Waals surface area contributed by atoms with Gasteiger partial charge in [-0.15, -0.1) is 0 Å². The number of hydrogen-bond donors (Lipinski definition) is 0. The first-order chi connectivity index (χ1) is 9.38. The van der Waals surface area contributed by atoms with Crippen LogP contribution in [0.2, 0.25) is 5.02 Å². The van der Waals surface area contributed by atoms with Crippen molar-refractivity contribution < 1.29 is 14.5 Å². The zero-order chi connectivity index (χ0) is 15.3. The van der Waals surface area contributed by atoms with Crippen molar-refractivity contribution in [1.29, 1.82) is 0 Å². The Hall–Kier alpha value is -0.990. The smallest absolute Gasteiger partial charge is 0.274 e. The molecule has 6 nitrogen and oxygen atoms in total. The number of halogens is 3. The van der Waals surface area contributed by atoms with Crippen LogP contribution >= 0.6 is 43.7 Å². The van der Waals surface area contributed by atoms with Crippen molar-refractivity contribution in [3.8, 4) is 0 Å². The van der Waals surface area contributed by atoms with Gasteiger partial charge in [-0.05, 0) is 6.07 Å². The monoisotopic (exact) mass is 426 g/mol. The Kier molecular flexibility index (Phi) is 6.57. The molecule has 0 unspecified atom stereocenters. The molecule has 20 heavy (non-hydrogen) atoms. The lowest BCUT2D eigenvalue weighted by Crippen LogP contribution is -2.16. The summed E-state index contributed by atoms with van der Waals surface area (Å²) >= 11 is 11.6. The number of nitrogens with zero attached hydrogens (tertiary/aromatic N) is 2. The van der Waals surface area contributed by atoms with E-state index in [1.807, 2.05) is 0 Å². The van der Waals surface area contributed by atoms with Crippen LogP contribution in [0.1, 0.15) is 18.4 Å². The van der Waals surface area contributed by atoms with E-state index in [2.05, 4.69) is 32.1 Å². The number of nitro groups is 1. The summed E-state index contributed by atoms with van der Waals surface area (Å²) in [4.78, 5) is 30.9. The molecule has 1 aliphatic heterocycles. The van der Waals surface area contributed by atoms with Gasteiger partial charge < -0.3 is 0 Å². The Morgan fingerprint density at radius 3 is 2.15 bits per heavy atom. The predicted octanol–water partition coefficient (Wildman–Crippen LogP) is 3.59. The lowest BCUT2D eigenvalue weighted by atomic mass is 10.2. The fraction of sp³-hybridized carbons (Fsp3) is 0.273. The number of carbonyl (C=O) groups excluding carboxylic acids is 2. The Balaban J connectivity index is 0.000000217. The second-order valence-electron chi connectivity index (χ2n) is 3.71. The highest BCUT2D eigenvalue weighted by Crippen LogP contribution is 2.29. The highest BCUT2D eigenvalue weighted by molar-refractivity contribution is 9.08. The fourth-order valence-corrected chi connectivity index (χ4v) is 2.49. The minimum Gasteiger partial charge on any atom is -0.274 e. The molecule has 0 N–H and O–H groups in total. The van der Waals surface area contributed by atoms with Crippen molar-refractivity contribution in [1.82, 2.24) is 3.93 Å². The van der Waals surface area contributed by atoms with Gasteiger partial charge in [0.25, 0.3) is 5.69 Å². The number of alkyl halides is 1. The van der Waals surface area contributed by atoms with Gasteiger partial charge in [-0.2, -0.15) is 0 Å². The van der Waals surface area contributed by atoms with Crippen molar-refractivity contribution in [3.05, 3.63) is 38.9 Å². The minimum atomic E-state index is -0.473. The first-order valence-electron chi connectivity index (χ1n) is 5.37. The van der Waals surface area contributed by atoms with Gasteiger partial charge >= 0.3 is 0 Å². The molecule has 9 heteroatoms. The molecular formula is C11H9Br2ClN2O4. The summed E-state index contributed by atoms with van der Waals surface area (Å²) in [5, 5.41) is 11.1. The first-order valence-corrected chi connectivity index (χ1v) is 7.58. The summed E-state index contributed by atoms with van der Waals surface area (Å²) in [5.41, 5.74) is 0.573. The molecule has 2 amide bonds. The van der Waals surface area contributed by atoms with Gasteiger partial charge in [0.2, 0.25) is 11.8 Å². The molecule has 1 aromatic carbocycles. The normalized spacial score (nSPS) is 14.1. The molecule has 0 bridgehead atoms. The fourth-order valence-electron chi connectivity index (χ4n) is 1.42. The van der Waals surface area contributed by atoms with E-state index in [9.17, 15) is 19.7 Å². The molecule has 1 saturated heterocycles. The van der Waals surface area contributed by atoms with Crippen LogP contribution in [-0.2, 0) is 14.9 Å². The SMILES string of the molecule is O=C1CCC(=O)N1Br.O=[N+]([O-])c1c(Cl)cccc1CBr. The quantitative estimate of drug-likeness (QED) is 0.237. The van der Waals surface area contributed by atoms with E-state index in [1.165, 1.54) is 6.07 Å². The van der Waals surface area contributed by atoms with E-state index < -0.39 is 4.92 Å². The number of amides is 2. The van der Waals surface area contributed by atoms with Crippen molar-refractivity contribution in [2.45, 2.75) is 18.2 Å². The first kappa shape index (κ1) is 17.1. The minimum absolute atomic E-state index is 0.0176. The van der Waals surface area contributed by atoms with Crippen molar-refractivity contribution >= 4 is 61.2 Å². The van der Waals surface area contributed by atoms with E-state index in [4.69, 9.17) is 11.6 Å². The van der Waals surface area contributed by atoms with Crippen LogP contribution in [0.15, 0.2) is 18.2 Å². The largest absolute Gasteiger partial charge is 0.291 e. The zero-order valence-corrected chi connectivity index (χ0v) is 13.9. The molecule has 108 valence electrons. The number of carbonyl (C=O) groups is 2. The molecule has 0 aliphatic carbocycles. The van der Waals surface area contributed by atoms with Crippen LogP contribution in [0.25, 0.3) is 0 Å². The molecule has 0 spiro atoms. The lowest BCUT2D eigenvalue weighted by Gasteiger charge is -1.99. The summed E-state index contributed by atoms with van der Waals surface area (Å²) in [7, 11) is 0. The second kappa shape index (κ2) is 7.70. The number of rotatable bonds is 2. The summed E-state index contributed by atoms with van der Waals surface area (Å²) in [6, 6.07) is 4.86. The van der Waals surface area contributed by atoms with Crippen molar-refractivity contribution in [2.75, 3.05) is 0 Å². The summed E-state index contributed by atoms with van der Waals surface area (Å²) in [6.07, 6.45) is 0.703. The van der Waals surface area contributed by atoms with Crippen LogP contribution in [0.5, 0.6) is 0 Å². The van der Waals surface area contributed by atoms with Gasteiger partial charge in [-0.3, -0.25) is 19.7 Å². The lowest BCUT2D eigenvalue weighted by molar-refractivity contribution is -0.385. The molecule has 1 heterocycles. The Morgan fingerprint density at radius 2 is 1.85 bits per heavy atom. The highest BCUT2D eigenvalue weighted by Gasteiger charge is 2.26. The molecule has 0 saturated carbocycles. The average Bonchev–Trinajstić information content (AvgIpc) is 2.70. The Bertz CT molecular complexity index is 537. The number of para-hydroxylation sites is 1. The number of benzene rings is 1. The van der Waals surface area contributed by atoms with E-state index >= 15 is 0 Å². The third-order valence-electron chi connectivity index (χ3n) is 2.39. The van der Waals surface area contributed by atoms with E-state index in [1.54, 1.807) is 12.1 Å². The van der Waals surface area contributed by atoms with Gasteiger partial charge in [0.1, 0.15) is 5.02 Å². The third kappa shape index (κ3) is 4.26. The molecule has 1 aliphatic rings. The standard InChI is InChI=1S/C7H5BrClNO2.C4H4BrNO2/c8-4-5-2-1-3-6(9)7(5)10(11)12;5-6-3(7)1-2-4(6)8/h1-3H,4H2;1-2H2. The maximum atomic E-state index is 10.5. The van der Waals surface area contributed by atoms with E-state index in [0.717, 1.165) is 3.93 Å². The molecule has 2 rings (SSSR count). The van der Waals surface area contributed by atoms with Crippen molar-refractivity contribution in [3.63, 3.8) is 0 Å². The van der Waals surface area contributed by atoms with Gasteiger partial charge in [0, 0.05) is 23.7 Å². The Morgan fingerprint density at radius 1 is 1.30 bits per heavy atom. The van der Waals surface area contributed by atoms with Crippen LogP contribution in [0.3, 0.4) is 0 Å². The maximum Gasteiger partial charge on any atom is 0.291 e. The number of imide groups is 1. The van der Waals surface area contributed by atoms with Crippen molar-refractivity contribution in [2.24, 2.45) is 0 Å². The van der Waals surface area contributed by atoms with Crippen LogP contribution in [0, 0.1) is 10.1 Å². The molecular weight excluding hydrogens is 419 g/mol. The molecule has 0 radical (unpaired) electrons. The van der Waals surface area contributed by atoms with Gasteiger partial charge in [0.05, 0.1) is 21.1 Å².